The van der Waals surface area contributed by atoms with Crippen molar-refractivity contribution in [2.45, 2.75) is 6.54 Å². The second-order valence-electron chi connectivity index (χ2n) is 2.51. The molecule has 0 N–H and O–H groups in total. The van der Waals surface area contributed by atoms with E-state index in [1.165, 1.54) is 12.3 Å². The van der Waals surface area contributed by atoms with E-state index in [1.807, 2.05) is 6.07 Å². The Morgan fingerprint density at radius 2 is 2.46 bits per heavy atom. The maximum Gasteiger partial charge on any atom is 0.252 e. The summed E-state index contributed by atoms with van der Waals surface area (Å²) in [4.78, 5) is 11.1. The van der Waals surface area contributed by atoms with Gasteiger partial charge in [-0.25, -0.2) is 4.39 Å². The highest BCUT2D eigenvalue weighted by molar-refractivity contribution is 5.25. The Kier molecular flexibility index (Phi) is 2.60. The molecule has 13 heavy (non-hydrogen) atoms. The summed E-state index contributed by atoms with van der Waals surface area (Å²) in [6, 6.07) is 4.42. The van der Waals surface area contributed by atoms with Crippen LogP contribution in [0.15, 0.2) is 35.5 Å². The molecule has 0 radical (unpaired) electrons. The van der Waals surface area contributed by atoms with Crippen molar-refractivity contribution in [3.05, 3.63) is 46.7 Å². The van der Waals surface area contributed by atoms with E-state index < -0.39 is 11.4 Å². The SMILES string of the molecule is C=C(F)Cn1ccc(C#N)cc1=O. The minimum absolute atomic E-state index is 0.162. The minimum Gasteiger partial charge on any atom is -0.309 e. The summed E-state index contributed by atoms with van der Waals surface area (Å²) in [5, 5.41) is 8.45. The normalized spacial score (nSPS) is 9.23. The lowest BCUT2D eigenvalue weighted by atomic mass is 10.3. The van der Waals surface area contributed by atoms with Gasteiger partial charge in [-0.05, 0) is 6.07 Å². The first-order valence-corrected chi connectivity index (χ1v) is 3.57. The maximum atomic E-state index is 12.3. The Hall–Kier alpha value is -1.89. The minimum atomic E-state index is -0.591. The summed E-state index contributed by atoms with van der Waals surface area (Å²) in [6.07, 6.45) is 1.37. The van der Waals surface area contributed by atoms with E-state index in [1.54, 1.807) is 0 Å². The third-order valence-electron chi connectivity index (χ3n) is 1.47. The van der Waals surface area contributed by atoms with Crippen LogP contribution in [0.5, 0.6) is 0 Å². The fraction of sp³-hybridized carbons (Fsp3) is 0.111. The summed E-state index contributed by atoms with van der Waals surface area (Å²) in [7, 11) is 0. The molecule has 3 nitrogen and oxygen atoms in total. The van der Waals surface area contributed by atoms with Crippen molar-refractivity contribution in [3.63, 3.8) is 0 Å². The predicted molar refractivity (Wildman–Crippen MR) is 45.7 cm³/mol. The predicted octanol–water partition coefficient (Wildman–Crippen LogP) is 1.20. The van der Waals surface area contributed by atoms with Gasteiger partial charge in [-0.3, -0.25) is 4.79 Å². The van der Waals surface area contributed by atoms with Gasteiger partial charge in [0.15, 0.2) is 0 Å². The maximum absolute atomic E-state index is 12.3. The standard InChI is InChI=1S/C9H7FN2O/c1-7(10)6-12-3-2-8(5-11)4-9(12)13/h2-4H,1,6H2. The van der Waals surface area contributed by atoms with Crippen molar-refractivity contribution in [3.8, 4) is 6.07 Å². The molecule has 0 aliphatic heterocycles. The fourth-order valence-electron chi connectivity index (χ4n) is 0.893. The average Bonchev–Trinajstić information content (AvgIpc) is 2.08. The summed E-state index contributed by atoms with van der Waals surface area (Å²) in [5.41, 5.74) is -0.136. The highest BCUT2D eigenvalue weighted by atomic mass is 19.1. The average molecular weight is 178 g/mol. The van der Waals surface area contributed by atoms with Crippen molar-refractivity contribution >= 4 is 0 Å². The van der Waals surface area contributed by atoms with Crippen molar-refractivity contribution in [2.75, 3.05) is 0 Å². The van der Waals surface area contributed by atoms with Gasteiger partial charge < -0.3 is 4.57 Å². The number of aromatic nitrogens is 1. The van der Waals surface area contributed by atoms with E-state index in [0.29, 0.717) is 0 Å². The second kappa shape index (κ2) is 3.68. The van der Waals surface area contributed by atoms with Crippen LogP contribution in [0.4, 0.5) is 4.39 Å². The molecule has 0 spiro atoms. The summed E-state index contributed by atoms with van der Waals surface area (Å²) < 4.78 is 13.5. The fourth-order valence-corrected chi connectivity index (χ4v) is 0.893. The van der Waals surface area contributed by atoms with Gasteiger partial charge in [-0.2, -0.15) is 5.26 Å². The molecule has 0 aromatic carbocycles. The van der Waals surface area contributed by atoms with Crippen molar-refractivity contribution < 1.29 is 4.39 Å². The Balaban J connectivity index is 3.08. The molecule has 0 atom stereocenters. The number of rotatable bonds is 2. The van der Waals surface area contributed by atoms with Crippen LogP contribution < -0.4 is 5.56 Å². The molecule has 0 aliphatic rings. The first-order valence-electron chi connectivity index (χ1n) is 3.57. The molecule has 0 saturated heterocycles. The Morgan fingerprint density at radius 3 is 2.92 bits per heavy atom. The zero-order valence-electron chi connectivity index (χ0n) is 6.83. The highest BCUT2D eigenvalue weighted by Crippen LogP contribution is 1.97. The molecule has 1 heterocycles. The van der Waals surface area contributed by atoms with Gasteiger partial charge in [0.1, 0.15) is 5.83 Å². The first-order chi connectivity index (χ1) is 6.13. The van der Waals surface area contributed by atoms with E-state index >= 15 is 0 Å². The Morgan fingerprint density at radius 1 is 1.77 bits per heavy atom. The zero-order valence-corrected chi connectivity index (χ0v) is 6.83. The van der Waals surface area contributed by atoms with Crippen molar-refractivity contribution in [1.82, 2.24) is 4.57 Å². The number of pyridine rings is 1. The molecule has 4 heteroatoms. The number of hydrogen-bond acceptors (Lipinski definition) is 2. The molecule has 0 aliphatic carbocycles. The van der Waals surface area contributed by atoms with E-state index in [9.17, 15) is 9.18 Å². The number of hydrogen-bond donors (Lipinski definition) is 0. The van der Waals surface area contributed by atoms with Gasteiger partial charge in [0.2, 0.25) is 0 Å². The van der Waals surface area contributed by atoms with Gasteiger partial charge in [-0.1, -0.05) is 6.58 Å². The molecule has 0 amide bonds. The molecular weight excluding hydrogens is 171 g/mol. The van der Waals surface area contributed by atoms with Gasteiger partial charge in [0.05, 0.1) is 18.2 Å². The Bertz CT molecular complexity index is 428. The lowest BCUT2D eigenvalue weighted by Gasteiger charge is -2.01. The monoisotopic (exact) mass is 178 g/mol. The molecule has 1 aromatic rings. The van der Waals surface area contributed by atoms with Crippen LogP contribution in [-0.2, 0) is 6.54 Å². The van der Waals surface area contributed by atoms with Crippen molar-refractivity contribution in [2.24, 2.45) is 0 Å². The third-order valence-corrected chi connectivity index (χ3v) is 1.47. The highest BCUT2D eigenvalue weighted by Gasteiger charge is 1.98. The molecule has 0 fully saturated rings. The number of nitriles is 1. The molecule has 0 saturated carbocycles. The lowest BCUT2D eigenvalue weighted by Crippen LogP contribution is -2.18. The summed E-state index contributed by atoms with van der Waals surface area (Å²) in [6.45, 7) is 2.88. The van der Waals surface area contributed by atoms with Gasteiger partial charge >= 0.3 is 0 Å². The van der Waals surface area contributed by atoms with E-state index in [-0.39, 0.29) is 12.1 Å². The van der Waals surface area contributed by atoms with Crippen LogP contribution >= 0.6 is 0 Å². The van der Waals surface area contributed by atoms with Crippen LogP contribution in [0.3, 0.4) is 0 Å². The van der Waals surface area contributed by atoms with Crippen LogP contribution in [0.2, 0.25) is 0 Å². The molecule has 66 valence electrons. The van der Waals surface area contributed by atoms with Crippen LogP contribution in [0, 0.1) is 11.3 Å². The lowest BCUT2D eigenvalue weighted by molar-refractivity contribution is 0.552. The van der Waals surface area contributed by atoms with Gasteiger partial charge in [-0.15, -0.1) is 0 Å². The van der Waals surface area contributed by atoms with E-state index in [4.69, 9.17) is 5.26 Å². The quantitative estimate of drug-likeness (QED) is 0.683. The zero-order chi connectivity index (χ0) is 9.84. The van der Waals surface area contributed by atoms with E-state index in [2.05, 4.69) is 6.58 Å². The van der Waals surface area contributed by atoms with Gasteiger partial charge in [0, 0.05) is 12.3 Å². The molecule has 0 unspecified atom stereocenters. The van der Waals surface area contributed by atoms with Crippen LogP contribution in [-0.4, -0.2) is 4.57 Å². The van der Waals surface area contributed by atoms with E-state index in [0.717, 1.165) is 10.6 Å². The topological polar surface area (TPSA) is 45.8 Å². The third kappa shape index (κ3) is 2.27. The second-order valence-corrected chi connectivity index (χ2v) is 2.51. The largest absolute Gasteiger partial charge is 0.309 e. The van der Waals surface area contributed by atoms with Crippen molar-refractivity contribution in [1.29, 1.82) is 5.26 Å². The first kappa shape index (κ1) is 9.20. The number of allylic oxidation sites excluding steroid dienone is 1. The van der Waals surface area contributed by atoms with Crippen LogP contribution in [0.25, 0.3) is 0 Å². The molecule has 1 rings (SSSR count). The number of nitrogens with zero attached hydrogens (tertiary/aromatic N) is 2. The molecule has 1 aromatic heterocycles. The molecule has 0 bridgehead atoms. The van der Waals surface area contributed by atoms with Gasteiger partial charge in [0.25, 0.3) is 5.56 Å². The molecular formula is C9H7FN2O. The van der Waals surface area contributed by atoms with Crippen LogP contribution in [0.1, 0.15) is 5.56 Å². The summed E-state index contributed by atoms with van der Waals surface area (Å²) in [5.74, 6) is -0.591. The summed E-state index contributed by atoms with van der Waals surface area (Å²) >= 11 is 0. The Labute approximate surface area is 74.4 Å². The number of halogens is 1. The smallest absolute Gasteiger partial charge is 0.252 e.